The van der Waals surface area contributed by atoms with Crippen molar-refractivity contribution in [1.82, 2.24) is 41.1 Å². The number of aromatic nitrogens is 3. The molecule has 4 fully saturated rings. The number of pyridine rings is 1. The van der Waals surface area contributed by atoms with Gasteiger partial charge in [0.15, 0.2) is 5.82 Å². The van der Waals surface area contributed by atoms with E-state index >= 15 is 8.78 Å². The van der Waals surface area contributed by atoms with Crippen molar-refractivity contribution in [3.05, 3.63) is 89.1 Å². The first-order chi connectivity index (χ1) is 37.9. The molecule has 1 unspecified atom stereocenters. The normalized spacial score (nSPS) is 20.0. The third kappa shape index (κ3) is 10.6. The zero-order valence-electron chi connectivity index (χ0n) is 43.3. The Kier molecular flexibility index (Phi) is 15.2. The highest BCUT2D eigenvalue weighted by atomic mass is 19.1. The number of phenolic OH excluding ortho intramolecular Hbond substituents is 1. The van der Waals surface area contributed by atoms with Crippen LogP contribution in [-0.4, -0.2) is 118 Å². The second-order valence-electron chi connectivity index (χ2n) is 21.2. The third-order valence-electron chi connectivity index (χ3n) is 16.1. The molecule has 404 valence electrons. The number of hydrogen-bond donors (Lipinski definition) is 5. The van der Waals surface area contributed by atoms with E-state index in [1.54, 1.807) is 12.1 Å². The van der Waals surface area contributed by atoms with Crippen LogP contribution < -0.4 is 35.8 Å². The Hall–Kier alpha value is -7.82. The Morgan fingerprint density at radius 2 is 1.63 bits per heavy atom. The number of amides is 5. The highest BCUT2D eigenvalue weighted by Crippen LogP contribution is 2.42. The van der Waals surface area contributed by atoms with E-state index in [2.05, 4.69) is 47.0 Å². The molecule has 6 aromatic rings. The number of carbonyl (C=O) groups excluding carboxylic acids is 5. The summed E-state index contributed by atoms with van der Waals surface area (Å²) < 4.78 is 38.4. The van der Waals surface area contributed by atoms with Crippen LogP contribution in [0.1, 0.15) is 111 Å². The largest absolute Gasteiger partial charge is 0.508 e. The van der Waals surface area contributed by atoms with Gasteiger partial charge in [-0.1, -0.05) is 55.9 Å². The molecule has 5 aliphatic heterocycles. The van der Waals surface area contributed by atoms with Crippen LogP contribution in [0.5, 0.6) is 11.8 Å². The van der Waals surface area contributed by atoms with Gasteiger partial charge in [-0.3, -0.25) is 44.1 Å². The summed E-state index contributed by atoms with van der Waals surface area (Å²) in [6.07, 6.45) is 17.7. The molecule has 17 nitrogen and oxygen atoms in total. The minimum absolute atomic E-state index is 0.00542. The van der Waals surface area contributed by atoms with Gasteiger partial charge in [-0.05, 0) is 98.2 Å². The zero-order chi connectivity index (χ0) is 54.0. The fourth-order valence-electron chi connectivity index (χ4n) is 12.2. The van der Waals surface area contributed by atoms with Crippen molar-refractivity contribution in [3.63, 3.8) is 0 Å². The SMILES string of the molecule is C#Cc1c(F)ccc2cc(O)cc(-c3ncc4c(N5C[C@H]6CC[C@@H](C5)N6)nc(OC[C@@H]5CCCN5CCNC(=O)CCCCCCCCC(=O)NCc5ccc6c7c(cccc57)C(=O)N6C5CCC(=O)NC5=O)nc4c3F)c12. The molecular weight excluding hydrogens is 999 g/mol. The standard InChI is InChI=1S/C59H62F2N10O7/c1-2-40-45(60)20-16-34-27-39(72)28-43(51(34)40)54-53(61)55-44(30-64-54)56(70-31-36-18-19-37(32-70)65-36)68-59(67-55)78-33-38-11-10-25-69(38)26-24-62-48(73)14-7-5-3-4-6-8-15-49(74)63-29-35-17-21-46-52-41(35)12-9-13-42(52)58(77)71(46)47-22-23-50(75)66-57(47)76/h1,9,12-13,16-17,20-21,27-28,30,36-38,47,65,72H,3-8,10-11,14-15,18-19,22-26,29,31-33H2,(H,62,73)(H,63,74)(H,66,75,76)/t36-,37+,38-,47?/m0/s1. The Morgan fingerprint density at radius 3 is 2.40 bits per heavy atom. The molecule has 0 aliphatic carbocycles. The van der Waals surface area contributed by atoms with E-state index in [-0.39, 0.29) is 101 Å². The Labute approximate surface area is 449 Å². The van der Waals surface area contributed by atoms with Gasteiger partial charge in [-0.25, -0.2) is 8.78 Å². The molecule has 2 aromatic heterocycles. The number of phenols is 1. The number of piperidine rings is 1. The summed E-state index contributed by atoms with van der Waals surface area (Å²) >= 11 is 0. The minimum atomic E-state index is -0.774. The van der Waals surface area contributed by atoms with E-state index in [4.69, 9.17) is 16.1 Å². The summed E-state index contributed by atoms with van der Waals surface area (Å²) in [7, 11) is 0. The van der Waals surface area contributed by atoms with E-state index < -0.39 is 23.6 Å². The molecule has 78 heavy (non-hydrogen) atoms. The summed E-state index contributed by atoms with van der Waals surface area (Å²) in [5.41, 5.74) is 1.92. The Bertz CT molecular complexity index is 3410. The van der Waals surface area contributed by atoms with Crippen LogP contribution in [0.4, 0.5) is 20.3 Å². The number of unbranched alkanes of at least 4 members (excludes halogenated alkanes) is 5. The van der Waals surface area contributed by atoms with Gasteiger partial charge in [0.2, 0.25) is 23.6 Å². The number of nitrogens with zero attached hydrogens (tertiary/aromatic N) is 6. The molecule has 11 rings (SSSR count). The predicted molar refractivity (Wildman–Crippen MR) is 291 cm³/mol. The predicted octanol–water partition coefficient (Wildman–Crippen LogP) is 7.07. The fourth-order valence-corrected chi connectivity index (χ4v) is 12.2. The molecule has 0 saturated carbocycles. The van der Waals surface area contributed by atoms with E-state index in [1.165, 1.54) is 35.4 Å². The van der Waals surface area contributed by atoms with Gasteiger partial charge in [0.1, 0.15) is 41.2 Å². The minimum Gasteiger partial charge on any atom is -0.508 e. The number of likely N-dealkylation sites (tertiary alicyclic amines) is 1. The van der Waals surface area contributed by atoms with Crippen molar-refractivity contribution in [2.24, 2.45) is 0 Å². The number of piperazine rings is 1. The highest BCUT2D eigenvalue weighted by molar-refractivity contribution is 6.27. The summed E-state index contributed by atoms with van der Waals surface area (Å²) in [6, 6.07) is 14.4. The van der Waals surface area contributed by atoms with Crippen LogP contribution in [0.25, 0.3) is 43.7 Å². The molecule has 5 aliphatic rings. The number of carbonyl (C=O) groups is 5. The molecule has 4 saturated heterocycles. The molecule has 4 atom stereocenters. The van der Waals surface area contributed by atoms with Crippen molar-refractivity contribution in [2.75, 3.05) is 49.1 Å². The molecule has 19 heteroatoms. The van der Waals surface area contributed by atoms with Crippen molar-refractivity contribution < 1.29 is 42.6 Å². The topological polar surface area (TPSA) is 211 Å². The number of fused-ring (bicyclic) bond motifs is 4. The number of rotatable bonds is 20. The number of terminal acetylenes is 1. The Balaban J connectivity index is 0.625. The molecule has 2 bridgehead atoms. The van der Waals surface area contributed by atoms with Gasteiger partial charge in [-0.2, -0.15) is 9.97 Å². The van der Waals surface area contributed by atoms with Crippen LogP contribution >= 0.6 is 0 Å². The third-order valence-corrected chi connectivity index (χ3v) is 16.1. The zero-order valence-corrected chi connectivity index (χ0v) is 43.3. The average molecular weight is 1060 g/mol. The van der Waals surface area contributed by atoms with E-state index in [0.717, 1.165) is 87.1 Å². The maximum Gasteiger partial charge on any atom is 0.319 e. The lowest BCUT2D eigenvalue weighted by Gasteiger charge is -2.34. The van der Waals surface area contributed by atoms with Crippen molar-refractivity contribution in [1.29, 1.82) is 0 Å². The molecule has 0 spiro atoms. The molecule has 4 aromatic carbocycles. The van der Waals surface area contributed by atoms with Crippen molar-refractivity contribution in [3.8, 4) is 35.4 Å². The Morgan fingerprint density at radius 1 is 0.859 bits per heavy atom. The lowest BCUT2D eigenvalue weighted by molar-refractivity contribution is -0.134. The smallest absolute Gasteiger partial charge is 0.319 e. The number of ether oxygens (including phenoxy) is 1. The van der Waals surface area contributed by atoms with E-state index in [9.17, 15) is 29.1 Å². The van der Waals surface area contributed by atoms with E-state index in [1.807, 2.05) is 18.2 Å². The molecule has 5 amide bonds. The molecular formula is C59H62F2N10O7. The van der Waals surface area contributed by atoms with Gasteiger partial charge < -0.3 is 30.7 Å². The maximum atomic E-state index is 17.1. The number of benzene rings is 4. The lowest BCUT2D eigenvalue weighted by atomic mass is 9.96. The summed E-state index contributed by atoms with van der Waals surface area (Å²) in [4.78, 5) is 83.6. The summed E-state index contributed by atoms with van der Waals surface area (Å²) in [5, 5.41) is 25.4. The van der Waals surface area contributed by atoms with Gasteiger partial charge in [0.05, 0.1) is 16.6 Å². The van der Waals surface area contributed by atoms with Crippen LogP contribution in [0.3, 0.4) is 0 Å². The summed E-state index contributed by atoms with van der Waals surface area (Å²) in [5.74, 6) is 0.188. The fraction of sp³-hybridized carbons (Fsp3) is 0.424. The first-order valence-corrected chi connectivity index (χ1v) is 27.3. The number of imide groups is 1. The number of hydrogen-bond acceptors (Lipinski definition) is 13. The second kappa shape index (κ2) is 22.6. The maximum absolute atomic E-state index is 17.1. The van der Waals surface area contributed by atoms with Gasteiger partial charge >= 0.3 is 6.01 Å². The summed E-state index contributed by atoms with van der Waals surface area (Å²) in [6.45, 7) is 3.85. The number of nitrogens with one attached hydrogen (secondary N) is 4. The lowest BCUT2D eigenvalue weighted by Crippen LogP contribution is -2.53. The monoisotopic (exact) mass is 1060 g/mol. The van der Waals surface area contributed by atoms with E-state index in [0.29, 0.717) is 73.4 Å². The van der Waals surface area contributed by atoms with Gasteiger partial charge in [0, 0.05) is 98.2 Å². The molecule has 5 N–H and O–H groups in total. The van der Waals surface area contributed by atoms with Crippen LogP contribution in [0, 0.1) is 24.0 Å². The van der Waals surface area contributed by atoms with Crippen molar-refractivity contribution in [2.45, 2.75) is 121 Å². The van der Waals surface area contributed by atoms with Gasteiger partial charge in [-0.15, -0.1) is 6.42 Å². The first kappa shape index (κ1) is 52.2. The van der Waals surface area contributed by atoms with Crippen LogP contribution in [0.15, 0.2) is 60.8 Å². The quantitative estimate of drug-likeness (QED) is 0.0295. The first-order valence-electron chi connectivity index (χ1n) is 27.3. The second-order valence-corrected chi connectivity index (χ2v) is 21.2. The highest BCUT2D eigenvalue weighted by Gasteiger charge is 2.41. The molecule has 0 radical (unpaired) electrons. The van der Waals surface area contributed by atoms with Crippen LogP contribution in [0.2, 0.25) is 0 Å². The number of halogens is 2. The molecule has 7 heterocycles. The van der Waals surface area contributed by atoms with Gasteiger partial charge in [0.25, 0.3) is 5.91 Å². The number of aromatic hydroxyl groups is 1. The average Bonchev–Trinajstić information content (AvgIpc) is 4.32. The van der Waals surface area contributed by atoms with Crippen molar-refractivity contribution >= 4 is 73.5 Å². The number of anilines is 2. The van der Waals surface area contributed by atoms with Crippen LogP contribution in [-0.2, 0) is 25.7 Å².